The molecule has 0 aliphatic carbocycles. The molecule has 4 nitrogen and oxygen atoms in total. The van der Waals surface area contributed by atoms with E-state index in [2.05, 4.69) is 5.10 Å². The summed E-state index contributed by atoms with van der Waals surface area (Å²) in [4.78, 5) is 12.1. The largest absolute Gasteiger partial charge is 0.458 e. The van der Waals surface area contributed by atoms with E-state index in [0.717, 1.165) is 5.69 Å². The monoisotopic (exact) mass is 360 g/mol. The first-order valence-corrected chi connectivity index (χ1v) is 8.01. The molecular formula is C18H14Cl2N2O2. The number of benzene rings is 1. The molecule has 1 aromatic carbocycles. The number of hydrogen-bond donors (Lipinski definition) is 0. The maximum Gasteiger partial charge on any atom is 0.221 e. The van der Waals surface area contributed by atoms with Crippen LogP contribution >= 0.6 is 23.2 Å². The van der Waals surface area contributed by atoms with E-state index < -0.39 is 0 Å². The standard InChI is InChI=1S/C18H14Cl2N2O2/c1-11-6-9-17(24-11)16(23)8-7-15-12(2)21-22(18(15)20)14-5-3-4-13(19)10-14/h3-10H,1-2H3/b8-7+. The molecule has 2 heterocycles. The van der Waals surface area contributed by atoms with E-state index in [-0.39, 0.29) is 5.78 Å². The zero-order valence-electron chi connectivity index (χ0n) is 13.1. The Bertz CT molecular complexity index is 938. The van der Waals surface area contributed by atoms with Crippen molar-refractivity contribution in [2.45, 2.75) is 13.8 Å². The zero-order valence-corrected chi connectivity index (χ0v) is 14.6. The molecule has 6 heteroatoms. The van der Waals surface area contributed by atoms with Gasteiger partial charge in [0.15, 0.2) is 5.76 Å². The van der Waals surface area contributed by atoms with Crippen molar-refractivity contribution in [3.8, 4) is 5.69 Å². The number of ketones is 1. The molecule has 0 N–H and O–H groups in total. The van der Waals surface area contributed by atoms with Crippen LogP contribution in [0.15, 0.2) is 46.9 Å². The summed E-state index contributed by atoms with van der Waals surface area (Å²) in [6.07, 6.45) is 3.07. The summed E-state index contributed by atoms with van der Waals surface area (Å²) < 4.78 is 6.90. The lowest BCUT2D eigenvalue weighted by Gasteiger charge is -2.03. The van der Waals surface area contributed by atoms with Gasteiger partial charge >= 0.3 is 0 Å². The van der Waals surface area contributed by atoms with Gasteiger partial charge in [-0.1, -0.05) is 29.3 Å². The van der Waals surface area contributed by atoms with Gasteiger partial charge in [0.1, 0.15) is 10.9 Å². The lowest BCUT2D eigenvalue weighted by Crippen LogP contribution is -1.96. The van der Waals surface area contributed by atoms with Gasteiger partial charge in [0, 0.05) is 10.6 Å². The number of carbonyl (C=O) groups is 1. The quantitative estimate of drug-likeness (QED) is 0.469. The van der Waals surface area contributed by atoms with Crippen LogP contribution in [-0.4, -0.2) is 15.6 Å². The molecule has 0 saturated carbocycles. The number of halogens is 2. The second-order valence-electron chi connectivity index (χ2n) is 5.29. The van der Waals surface area contributed by atoms with Crippen LogP contribution in [0.3, 0.4) is 0 Å². The minimum Gasteiger partial charge on any atom is -0.458 e. The molecule has 2 aromatic heterocycles. The van der Waals surface area contributed by atoms with Gasteiger partial charge in [-0.05, 0) is 56.3 Å². The highest BCUT2D eigenvalue weighted by Crippen LogP contribution is 2.26. The van der Waals surface area contributed by atoms with Crippen LogP contribution < -0.4 is 0 Å². The van der Waals surface area contributed by atoms with Crippen LogP contribution in [0.5, 0.6) is 0 Å². The number of aryl methyl sites for hydroxylation is 2. The van der Waals surface area contributed by atoms with Crippen molar-refractivity contribution in [1.29, 1.82) is 0 Å². The van der Waals surface area contributed by atoms with E-state index in [4.69, 9.17) is 27.6 Å². The summed E-state index contributed by atoms with van der Waals surface area (Å²) in [6, 6.07) is 10.6. The first-order chi connectivity index (χ1) is 11.5. The molecule has 0 spiro atoms. The SMILES string of the molecule is Cc1ccc(C(=O)/C=C/c2c(C)nn(-c3cccc(Cl)c3)c2Cl)o1. The number of hydrogen-bond acceptors (Lipinski definition) is 3. The highest BCUT2D eigenvalue weighted by atomic mass is 35.5. The fourth-order valence-corrected chi connectivity index (χ4v) is 2.81. The molecule has 0 saturated heterocycles. The number of aromatic nitrogens is 2. The molecule has 0 unspecified atom stereocenters. The summed E-state index contributed by atoms with van der Waals surface area (Å²) in [5.41, 5.74) is 2.14. The number of nitrogens with zero attached hydrogens (tertiary/aromatic N) is 2. The third-order valence-electron chi connectivity index (χ3n) is 3.49. The van der Waals surface area contributed by atoms with Crippen LogP contribution in [0.4, 0.5) is 0 Å². The van der Waals surface area contributed by atoms with Crippen LogP contribution in [-0.2, 0) is 0 Å². The molecule has 122 valence electrons. The van der Waals surface area contributed by atoms with E-state index in [1.54, 1.807) is 41.9 Å². The van der Waals surface area contributed by atoms with Crippen molar-refractivity contribution in [3.05, 3.63) is 75.4 Å². The molecule has 3 aromatic rings. The van der Waals surface area contributed by atoms with Gasteiger partial charge in [-0.3, -0.25) is 4.79 Å². The lowest BCUT2D eigenvalue weighted by atomic mass is 10.2. The number of rotatable bonds is 4. The highest BCUT2D eigenvalue weighted by Gasteiger charge is 2.14. The summed E-state index contributed by atoms with van der Waals surface area (Å²) in [5, 5.41) is 5.42. The fraction of sp³-hybridized carbons (Fsp3) is 0.111. The average molecular weight is 361 g/mol. The number of carbonyl (C=O) groups excluding carboxylic acids is 1. The third kappa shape index (κ3) is 3.30. The van der Waals surface area contributed by atoms with Crippen LogP contribution in [0.2, 0.25) is 10.2 Å². The minimum atomic E-state index is -0.228. The molecule has 0 bridgehead atoms. The Balaban J connectivity index is 1.92. The molecule has 0 amide bonds. The van der Waals surface area contributed by atoms with Gasteiger partial charge in [0.25, 0.3) is 0 Å². The lowest BCUT2D eigenvalue weighted by molar-refractivity contribution is 0.102. The van der Waals surface area contributed by atoms with Crippen molar-refractivity contribution in [2.24, 2.45) is 0 Å². The molecule has 0 fully saturated rings. The Morgan fingerprint density at radius 2 is 2.00 bits per heavy atom. The molecule has 0 aliphatic heterocycles. The minimum absolute atomic E-state index is 0.228. The normalized spacial score (nSPS) is 11.3. The summed E-state index contributed by atoms with van der Waals surface area (Å²) in [5.74, 6) is 0.753. The number of furan rings is 1. The fourth-order valence-electron chi connectivity index (χ4n) is 2.29. The summed E-state index contributed by atoms with van der Waals surface area (Å²) in [6.45, 7) is 3.62. The van der Waals surface area contributed by atoms with E-state index in [1.165, 1.54) is 6.08 Å². The predicted molar refractivity (Wildman–Crippen MR) is 95.1 cm³/mol. The first kappa shape index (κ1) is 16.6. The van der Waals surface area contributed by atoms with Gasteiger partial charge in [-0.15, -0.1) is 0 Å². The molecule has 0 radical (unpaired) electrons. The van der Waals surface area contributed by atoms with Crippen molar-refractivity contribution >= 4 is 35.1 Å². The van der Waals surface area contributed by atoms with Crippen LogP contribution in [0.1, 0.15) is 27.6 Å². The Morgan fingerprint density at radius 1 is 1.21 bits per heavy atom. The second-order valence-corrected chi connectivity index (χ2v) is 6.08. The maximum atomic E-state index is 12.1. The van der Waals surface area contributed by atoms with Gasteiger partial charge in [-0.25, -0.2) is 4.68 Å². The molecule has 3 rings (SSSR count). The highest BCUT2D eigenvalue weighted by molar-refractivity contribution is 6.32. The van der Waals surface area contributed by atoms with Crippen molar-refractivity contribution in [3.63, 3.8) is 0 Å². The Labute approximate surface area is 149 Å². The second kappa shape index (κ2) is 6.67. The topological polar surface area (TPSA) is 48.0 Å². The van der Waals surface area contributed by atoms with Gasteiger partial charge in [0.05, 0.1) is 11.4 Å². The Hall–Kier alpha value is -2.30. The first-order valence-electron chi connectivity index (χ1n) is 7.25. The van der Waals surface area contributed by atoms with Crippen molar-refractivity contribution in [2.75, 3.05) is 0 Å². The average Bonchev–Trinajstić information content (AvgIpc) is 3.09. The Kier molecular flexibility index (Phi) is 4.60. The zero-order chi connectivity index (χ0) is 17.3. The van der Waals surface area contributed by atoms with Gasteiger partial charge in [-0.2, -0.15) is 5.10 Å². The predicted octanol–water partition coefficient (Wildman–Crippen LogP) is 5.29. The number of allylic oxidation sites excluding steroid dienone is 1. The van der Waals surface area contributed by atoms with E-state index in [1.807, 2.05) is 19.1 Å². The third-order valence-corrected chi connectivity index (χ3v) is 4.08. The molecule has 0 atom stereocenters. The van der Waals surface area contributed by atoms with Crippen LogP contribution in [0.25, 0.3) is 11.8 Å². The van der Waals surface area contributed by atoms with Crippen molar-refractivity contribution < 1.29 is 9.21 Å². The molecule has 24 heavy (non-hydrogen) atoms. The van der Waals surface area contributed by atoms with E-state index in [0.29, 0.717) is 33.0 Å². The molecule has 0 aliphatic rings. The Morgan fingerprint density at radius 3 is 2.67 bits per heavy atom. The van der Waals surface area contributed by atoms with Gasteiger partial charge in [0.2, 0.25) is 5.78 Å². The summed E-state index contributed by atoms with van der Waals surface area (Å²) in [7, 11) is 0. The maximum absolute atomic E-state index is 12.1. The van der Waals surface area contributed by atoms with Gasteiger partial charge < -0.3 is 4.42 Å². The van der Waals surface area contributed by atoms with Crippen LogP contribution in [0, 0.1) is 13.8 Å². The van der Waals surface area contributed by atoms with E-state index in [9.17, 15) is 4.79 Å². The molecular weight excluding hydrogens is 347 g/mol. The van der Waals surface area contributed by atoms with E-state index >= 15 is 0 Å². The smallest absolute Gasteiger partial charge is 0.221 e. The van der Waals surface area contributed by atoms with Crippen molar-refractivity contribution in [1.82, 2.24) is 9.78 Å². The summed E-state index contributed by atoms with van der Waals surface area (Å²) >= 11 is 12.4.